The van der Waals surface area contributed by atoms with E-state index in [1.807, 2.05) is 36.9 Å². The van der Waals surface area contributed by atoms with Gasteiger partial charge in [-0.15, -0.1) is 0 Å². The number of hydrogen-bond acceptors (Lipinski definition) is 4. The van der Waals surface area contributed by atoms with Gasteiger partial charge in [0.2, 0.25) is 0 Å². The van der Waals surface area contributed by atoms with E-state index >= 15 is 0 Å². The summed E-state index contributed by atoms with van der Waals surface area (Å²) in [6.45, 7) is 6.57. The van der Waals surface area contributed by atoms with Crippen LogP contribution in [0.2, 0.25) is 0 Å². The molecule has 3 aromatic rings. The Labute approximate surface area is 233 Å². The number of fused-ring (bicyclic) bond motifs is 2. The van der Waals surface area contributed by atoms with Gasteiger partial charge < -0.3 is 9.64 Å². The van der Waals surface area contributed by atoms with Crippen LogP contribution in [0, 0.1) is 0 Å². The second kappa shape index (κ2) is 11.1. The Bertz CT molecular complexity index is 1250. The zero-order valence-electron chi connectivity index (χ0n) is 23.5. The highest BCUT2D eigenvalue weighted by Gasteiger charge is 2.56. The maximum absolute atomic E-state index is 13.0. The van der Waals surface area contributed by atoms with Crippen LogP contribution in [0.5, 0.6) is 5.75 Å². The molecule has 204 valence electrons. The van der Waals surface area contributed by atoms with Gasteiger partial charge in [-0.2, -0.15) is 0 Å². The number of piperidine rings is 4. The van der Waals surface area contributed by atoms with E-state index in [-0.39, 0.29) is 11.9 Å². The summed E-state index contributed by atoms with van der Waals surface area (Å²) in [5.74, 6) is 1.00. The predicted molar refractivity (Wildman–Crippen MR) is 156 cm³/mol. The molecule has 5 saturated heterocycles. The summed E-state index contributed by atoms with van der Waals surface area (Å²) in [6.07, 6.45) is 5.04. The van der Waals surface area contributed by atoms with Crippen molar-refractivity contribution in [3.05, 3.63) is 101 Å². The third-order valence-electron chi connectivity index (χ3n) is 9.46. The Morgan fingerprint density at radius 2 is 1.46 bits per heavy atom. The van der Waals surface area contributed by atoms with Gasteiger partial charge in [0, 0.05) is 49.4 Å². The van der Waals surface area contributed by atoms with Crippen LogP contribution in [0.3, 0.4) is 0 Å². The van der Waals surface area contributed by atoms with Gasteiger partial charge in [0.1, 0.15) is 5.75 Å². The molecule has 5 aliphatic heterocycles. The highest BCUT2D eigenvalue weighted by molar-refractivity contribution is 5.94. The fraction of sp³-hybridized carbons (Fsp3) is 0.441. The molecular formula is C34H41N3O2. The molecule has 0 N–H and O–H groups in total. The summed E-state index contributed by atoms with van der Waals surface area (Å²) in [6, 6.07) is 30.4. The molecule has 39 heavy (non-hydrogen) atoms. The first kappa shape index (κ1) is 26.1. The fourth-order valence-corrected chi connectivity index (χ4v) is 7.68. The van der Waals surface area contributed by atoms with E-state index in [0.29, 0.717) is 24.2 Å². The number of methoxy groups -OCH3 is 1. The lowest BCUT2D eigenvalue weighted by Crippen LogP contribution is -2.75. The Morgan fingerprint density at radius 1 is 0.821 bits per heavy atom. The van der Waals surface area contributed by atoms with Gasteiger partial charge in [-0.3, -0.25) is 14.6 Å². The summed E-state index contributed by atoms with van der Waals surface area (Å²) in [5.41, 5.74) is 4.71. The van der Waals surface area contributed by atoms with Crippen LogP contribution in [0.25, 0.3) is 0 Å². The van der Waals surface area contributed by atoms with E-state index in [4.69, 9.17) is 4.74 Å². The van der Waals surface area contributed by atoms with Crippen LogP contribution in [0.4, 0.5) is 0 Å². The number of hydrogen-bond donors (Lipinski definition) is 0. The van der Waals surface area contributed by atoms with Crippen molar-refractivity contribution in [1.82, 2.24) is 14.7 Å². The molecule has 3 aromatic carbocycles. The van der Waals surface area contributed by atoms with E-state index in [1.165, 1.54) is 42.4 Å². The summed E-state index contributed by atoms with van der Waals surface area (Å²) < 4.78 is 5.66. The lowest BCUT2D eigenvalue weighted by Gasteiger charge is -2.66. The number of benzene rings is 3. The molecule has 5 fully saturated rings. The summed E-state index contributed by atoms with van der Waals surface area (Å²) >= 11 is 0. The van der Waals surface area contributed by atoms with Gasteiger partial charge in [0.15, 0.2) is 0 Å². The van der Waals surface area contributed by atoms with Crippen LogP contribution in [0.1, 0.15) is 72.6 Å². The molecule has 5 atom stereocenters. The SMILES string of the molecule is CCN(CC)C(=O)c1ccc(C(c2cccc(OC)c2)N2C3CCC4C2CCC3N4Cc2ccccc2)cc1. The molecule has 8 rings (SSSR count). The lowest BCUT2D eigenvalue weighted by molar-refractivity contribution is -0.159. The van der Waals surface area contributed by atoms with Crippen LogP contribution >= 0.6 is 0 Å². The number of nitrogens with zero attached hydrogens (tertiary/aromatic N) is 3. The van der Waals surface area contributed by atoms with Crippen molar-refractivity contribution in [3.63, 3.8) is 0 Å². The topological polar surface area (TPSA) is 36.0 Å². The summed E-state index contributed by atoms with van der Waals surface area (Å²) in [5, 5.41) is 0. The largest absolute Gasteiger partial charge is 0.497 e. The standard InChI is InChI=1S/C34H41N3O2/c1-4-35(5-2)34(38)26-16-14-25(15-17-26)33(27-12-9-13-28(22-27)39-3)37-31-20-18-29-32(37)21-19-30(31)36(29)23-24-10-7-6-8-11-24/h6-17,22,29-33H,4-5,18-21,23H2,1-3H3. The second-order valence-electron chi connectivity index (χ2n) is 11.3. The van der Waals surface area contributed by atoms with E-state index in [9.17, 15) is 4.79 Å². The monoisotopic (exact) mass is 523 g/mol. The minimum absolute atomic E-state index is 0.108. The lowest BCUT2D eigenvalue weighted by atomic mass is 9.69. The van der Waals surface area contributed by atoms with Crippen molar-refractivity contribution < 1.29 is 9.53 Å². The quantitative estimate of drug-likeness (QED) is 0.337. The highest BCUT2D eigenvalue weighted by atomic mass is 16.5. The maximum atomic E-state index is 13.0. The van der Waals surface area contributed by atoms with Crippen molar-refractivity contribution in [2.24, 2.45) is 0 Å². The normalized spacial score (nSPS) is 25.0. The van der Waals surface area contributed by atoms with Gasteiger partial charge in [0.25, 0.3) is 5.91 Å². The van der Waals surface area contributed by atoms with Gasteiger partial charge in [-0.25, -0.2) is 0 Å². The van der Waals surface area contributed by atoms with Crippen LogP contribution < -0.4 is 4.74 Å². The Morgan fingerprint density at radius 3 is 2.08 bits per heavy atom. The molecule has 5 heteroatoms. The maximum Gasteiger partial charge on any atom is 0.253 e. The molecule has 0 aromatic heterocycles. The fourth-order valence-electron chi connectivity index (χ4n) is 7.68. The van der Waals surface area contributed by atoms with Crippen molar-refractivity contribution in [2.75, 3.05) is 20.2 Å². The highest BCUT2D eigenvalue weighted by Crippen LogP contribution is 2.51. The summed E-state index contributed by atoms with van der Waals surface area (Å²) in [4.78, 5) is 20.6. The van der Waals surface area contributed by atoms with E-state index in [1.54, 1.807) is 7.11 Å². The molecule has 0 aliphatic carbocycles. The van der Waals surface area contributed by atoms with E-state index in [0.717, 1.165) is 30.9 Å². The number of carbonyl (C=O) groups excluding carboxylic acids is 1. The molecule has 5 nitrogen and oxygen atoms in total. The van der Waals surface area contributed by atoms with Crippen molar-refractivity contribution in [1.29, 1.82) is 0 Å². The molecule has 0 radical (unpaired) electrons. The Hall–Kier alpha value is -3.15. The Balaban J connectivity index is 1.35. The van der Waals surface area contributed by atoms with Gasteiger partial charge in [-0.1, -0.05) is 54.6 Å². The third-order valence-corrected chi connectivity index (χ3v) is 9.46. The molecule has 0 saturated carbocycles. The minimum atomic E-state index is 0.108. The van der Waals surface area contributed by atoms with E-state index in [2.05, 4.69) is 70.5 Å². The first-order chi connectivity index (χ1) is 19.1. The van der Waals surface area contributed by atoms with Crippen LogP contribution in [-0.4, -0.2) is 65.0 Å². The van der Waals surface area contributed by atoms with Gasteiger partial charge in [0.05, 0.1) is 13.2 Å². The molecule has 5 aliphatic rings. The molecule has 1 amide bonds. The van der Waals surface area contributed by atoms with Crippen molar-refractivity contribution in [2.45, 2.75) is 76.3 Å². The molecule has 5 heterocycles. The summed E-state index contributed by atoms with van der Waals surface area (Å²) in [7, 11) is 1.74. The second-order valence-corrected chi connectivity index (χ2v) is 11.3. The van der Waals surface area contributed by atoms with Gasteiger partial charge >= 0.3 is 0 Å². The number of ether oxygens (including phenoxy) is 1. The number of piperazine rings is 1. The first-order valence-electron chi connectivity index (χ1n) is 14.7. The predicted octanol–water partition coefficient (Wildman–Crippen LogP) is 6.15. The number of rotatable bonds is 9. The zero-order valence-corrected chi connectivity index (χ0v) is 23.5. The average molecular weight is 524 g/mol. The molecular weight excluding hydrogens is 482 g/mol. The third kappa shape index (κ3) is 4.76. The van der Waals surface area contributed by atoms with Crippen LogP contribution in [-0.2, 0) is 6.54 Å². The smallest absolute Gasteiger partial charge is 0.253 e. The van der Waals surface area contributed by atoms with Crippen molar-refractivity contribution >= 4 is 5.91 Å². The van der Waals surface area contributed by atoms with Gasteiger partial charge in [-0.05, 0) is 80.5 Å². The van der Waals surface area contributed by atoms with Crippen molar-refractivity contribution in [3.8, 4) is 5.75 Å². The first-order valence-corrected chi connectivity index (χ1v) is 14.7. The molecule has 0 spiro atoms. The molecule has 5 unspecified atom stereocenters. The zero-order chi connectivity index (χ0) is 26.9. The average Bonchev–Trinajstić information content (AvgIpc) is 2.99. The van der Waals surface area contributed by atoms with Crippen LogP contribution in [0.15, 0.2) is 78.9 Å². The van der Waals surface area contributed by atoms with E-state index < -0.39 is 0 Å². The number of amides is 1. The minimum Gasteiger partial charge on any atom is -0.497 e. The number of carbonyl (C=O) groups is 1. The Kier molecular flexibility index (Phi) is 7.46. The molecule has 4 bridgehead atoms.